The average Bonchev–Trinajstić information content (AvgIpc) is 2.92. The molecule has 1 aromatic heterocycles. The lowest BCUT2D eigenvalue weighted by molar-refractivity contribution is -0.0113. The van der Waals surface area contributed by atoms with Gasteiger partial charge < -0.3 is 10.2 Å². The predicted octanol–water partition coefficient (Wildman–Crippen LogP) is 1.21. The van der Waals surface area contributed by atoms with Gasteiger partial charge in [-0.3, -0.25) is 9.89 Å². The zero-order valence-electron chi connectivity index (χ0n) is 11.6. The molecule has 7 heteroatoms. The monoisotopic (exact) mass is 307 g/mol. The van der Waals surface area contributed by atoms with E-state index < -0.39 is 0 Å². The van der Waals surface area contributed by atoms with E-state index in [1.807, 2.05) is 23.1 Å². The van der Waals surface area contributed by atoms with Gasteiger partial charge in [0, 0.05) is 24.1 Å². The molecule has 1 aromatic carbocycles. The number of carbonyl (C=O) groups is 1. The smallest absolute Gasteiger partial charge is 0.253 e. The van der Waals surface area contributed by atoms with Crippen molar-refractivity contribution in [2.45, 2.75) is 12.8 Å². The Labute approximate surface area is 128 Å². The largest absolute Gasteiger partial charge is 0.337 e. The van der Waals surface area contributed by atoms with Gasteiger partial charge in [-0.25, -0.2) is 0 Å². The van der Waals surface area contributed by atoms with Crippen molar-refractivity contribution in [3.8, 4) is 0 Å². The van der Waals surface area contributed by atoms with Crippen molar-refractivity contribution >= 4 is 29.3 Å². The Morgan fingerprint density at radius 2 is 2.00 bits per heavy atom. The lowest BCUT2D eigenvalue weighted by Gasteiger charge is -2.52. The number of benzene rings is 1. The van der Waals surface area contributed by atoms with Crippen LogP contribution in [0.1, 0.15) is 23.2 Å². The average molecular weight is 308 g/mol. The summed E-state index contributed by atoms with van der Waals surface area (Å²) >= 11 is 0. The van der Waals surface area contributed by atoms with Gasteiger partial charge in [-0.2, -0.15) is 0 Å². The molecule has 2 aliphatic heterocycles. The third kappa shape index (κ3) is 2.38. The summed E-state index contributed by atoms with van der Waals surface area (Å²) in [6.07, 6.45) is 2.36. The van der Waals surface area contributed by atoms with E-state index in [1.54, 1.807) is 0 Å². The molecular weight excluding hydrogens is 290 g/mol. The Balaban J connectivity index is 0.00000132. The standard InChI is InChI=1S/C14H17N5O.ClH/c20-13(10-1-2-11-12(7-10)17-18-16-11)19-8-14(9-19)3-5-15-6-4-14;/h1-2,7,15H,3-6,8-9H2,(H,16,17,18);1H. The van der Waals surface area contributed by atoms with Gasteiger partial charge in [0.2, 0.25) is 0 Å². The molecule has 2 fully saturated rings. The van der Waals surface area contributed by atoms with E-state index in [2.05, 4.69) is 20.7 Å². The van der Waals surface area contributed by atoms with Gasteiger partial charge in [0.05, 0.1) is 5.52 Å². The fraction of sp³-hybridized carbons (Fsp3) is 0.500. The fourth-order valence-electron chi connectivity index (χ4n) is 3.34. The highest BCUT2D eigenvalue weighted by Crippen LogP contribution is 2.39. The number of H-pyrrole nitrogens is 1. The van der Waals surface area contributed by atoms with Crippen LogP contribution in [0, 0.1) is 5.41 Å². The maximum atomic E-state index is 12.5. The second kappa shape index (κ2) is 5.27. The van der Waals surface area contributed by atoms with Crippen molar-refractivity contribution < 1.29 is 4.79 Å². The Bertz CT molecular complexity index is 656. The number of hydrogen-bond donors (Lipinski definition) is 2. The number of rotatable bonds is 1. The molecule has 4 rings (SSSR count). The van der Waals surface area contributed by atoms with Crippen molar-refractivity contribution in [3.05, 3.63) is 23.8 Å². The Morgan fingerprint density at radius 3 is 2.76 bits per heavy atom. The molecule has 112 valence electrons. The lowest BCUT2D eigenvalue weighted by atomic mass is 9.72. The van der Waals surface area contributed by atoms with Gasteiger partial charge in [0.15, 0.2) is 0 Å². The molecule has 0 unspecified atom stereocenters. The first-order valence-corrected chi connectivity index (χ1v) is 7.07. The van der Waals surface area contributed by atoms with Crippen LogP contribution in [0.3, 0.4) is 0 Å². The molecule has 2 aliphatic rings. The minimum absolute atomic E-state index is 0. The van der Waals surface area contributed by atoms with E-state index in [9.17, 15) is 4.79 Å². The summed E-state index contributed by atoms with van der Waals surface area (Å²) in [6.45, 7) is 3.94. The molecule has 0 aliphatic carbocycles. The molecule has 0 bridgehead atoms. The molecule has 3 heterocycles. The molecule has 0 atom stereocenters. The summed E-state index contributed by atoms with van der Waals surface area (Å²) in [7, 11) is 0. The third-order valence-electron chi connectivity index (χ3n) is 4.58. The number of nitrogens with zero attached hydrogens (tertiary/aromatic N) is 3. The maximum Gasteiger partial charge on any atom is 0.253 e. The van der Waals surface area contributed by atoms with E-state index in [4.69, 9.17) is 0 Å². The van der Waals surface area contributed by atoms with Crippen LogP contribution in [0.15, 0.2) is 18.2 Å². The van der Waals surface area contributed by atoms with Crippen molar-refractivity contribution in [1.82, 2.24) is 25.6 Å². The number of hydrogen-bond acceptors (Lipinski definition) is 4. The number of fused-ring (bicyclic) bond motifs is 1. The number of nitrogens with one attached hydrogen (secondary N) is 2. The Hall–Kier alpha value is -1.66. The van der Waals surface area contributed by atoms with E-state index in [1.165, 1.54) is 12.8 Å². The predicted molar refractivity (Wildman–Crippen MR) is 81.6 cm³/mol. The second-order valence-electron chi connectivity index (χ2n) is 5.95. The highest BCUT2D eigenvalue weighted by Gasteiger charge is 2.45. The lowest BCUT2D eigenvalue weighted by Crippen LogP contribution is -2.61. The summed E-state index contributed by atoms with van der Waals surface area (Å²) in [4.78, 5) is 14.4. The van der Waals surface area contributed by atoms with E-state index in [0.29, 0.717) is 11.0 Å². The summed E-state index contributed by atoms with van der Waals surface area (Å²) in [5.74, 6) is 0.110. The molecule has 1 spiro atoms. The van der Waals surface area contributed by atoms with Crippen molar-refractivity contribution in [2.75, 3.05) is 26.2 Å². The van der Waals surface area contributed by atoms with Crippen molar-refractivity contribution in [3.63, 3.8) is 0 Å². The van der Waals surface area contributed by atoms with Gasteiger partial charge in [0.25, 0.3) is 5.91 Å². The second-order valence-corrected chi connectivity index (χ2v) is 5.95. The number of amides is 1. The number of aromatic amines is 1. The number of aromatic nitrogens is 3. The number of carbonyl (C=O) groups excluding carboxylic acids is 1. The third-order valence-corrected chi connectivity index (χ3v) is 4.58. The maximum absolute atomic E-state index is 12.5. The fourth-order valence-corrected chi connectivity index (χ4v) is 3.34. The SMILES string of the molecule is Cl.O=C(c1ccc2[nH]nnc2c1)N1CC2(CCNCC2)C1. The van der Waals surface area contributed by atoms with Crippen LogP contribution in [0.4, 0.5) is 0 Å². The van der Waals surface area contributed by atoms with Crippen LogP contribution < -0.4 is 5.32 Å². The van der Waals surface area contributed by atoms with E-state index >= 15 is 0 Å². The molecule has 1 amide bonds. The zero-order valence-corrected chi connectivity index (χ0v) is 12.4. The first-order valence-electron chi connectivity index (χ1n) is 7.07. The summed E-state index contributed by atoms with van der Waals surface area (Å²) in [5, 5.41) is 13.9. The molecule has 21 heavy (non-hydrogen) atoms. The highest BCUT2D eigenvalue weighted by molar-refractivity contribution is 5.97. The number of piperidine rings is 1. The Kier molecular flexibility index (Phi) is 3.59. The van der Waals surface area contributed by atoms with Gasteiger partial charge >= 0.3 is 0 Å². The molecule has 0 saturated carbocycles. The highest BCUT2D eigenvalue weighted by atomic mass is 35.5. The molecule has 2 N–H and O–H groups in total. The molecule has 0 radical (unpaired) electrons. The van der Waals surface area contributed by atoms with Gasteiger partial charge in [-0.15, -0.1) is 17.5 Å². The van der Waals surface area contributed by atoms with Crippen LogP contribution >= 0.6 is 12.4 Å². The van der Waals surface area contributed by atoms with E-state index in [0.717, 1.165) is 37.2 Å². The van der Waals surface area contributed by atoms with Crippen LogP contribution in [-0.4, -0.2) is 52.4 Å². The number of likely N-dealkylation sites (tertiary alicyclic amines) is 1. The van der Waals surface area contributed by atoms with Crippen molar-refractivity contribution in [1.29, 1.82) is 0 Å². The summed E-state index contributed by atoms with van der Waals surface area (Å²) in [5.41, 5.74) is 2.68. The first-order chi connectivity index (χ1) is 9.76. The normalized spacial score (nSPS) is 20.1. The van der Waals surface area contributed by atoms with Crippen LogP contribution in [-0.2, 0) is 0 Å². The van der Waals surface area contributed by atoms with Crippen LogP contribution in [0.2, 0.25) is 0 Å². The topological polar surface area (TPSA) is 73.9 Å². The minimum atomic E-state index is 0. The molecule has 2 aromatic rings. The molecule has 2 saturated heterocycles. The molecule has 6 nitrogen and oxygen atoms in total. The quantitative estimate of drug-likeness (QED) is 0.830. The van der Waals surface area contributed by atoms with Gasteiger partial charge in [-0.1, -0.05) is 5.21 Å². The van der Waals surface area contributed by atoms with Crippen LogP contribution in [0.5, 0.6) is 0 Å². The van der Waals surface area contributed by atoms with Gasteiger partial charge in [-0.05, 0) is 44.1 Å². The first kappa shape index (κ1) is 14.3. The van der Waals surface area contributed by atoms with Gasteiger partial charge in [0.1, 0.15) is 5.52 Å². The zero-order chi connectivity index (χ0) is 13.6. The van der Waals surface area contributed by atoms with E-state index in [-0.39, 0.29) is 18.3 Å². The van der Waals surface area contributed by atoms with Crippen LogP contribution in [0.25, 0.3) is 11.0 Å². The molecular formula is C14H18ClN5O. The summed E-state index contributed by atoms with van der Waals surface area (Å²) < 4.78 is 0. The number of halogens is 1. The summed E-state index contributed by atoms with van der Waals surface area (Å²) in [6, 6.07) is 5.52. The minimum Gasteiger partial charge on any atom is -0.337 e. The van der Waals surface area contributed by atoms with Crippen molar-refractivity contribution in [2.24, 2.45) is 5.41 Å². The Morgan fingerprint density at radius 1 is 1.24 bits per heavy atom.